The van der Waals surface area contributed by atoms with E-state index >= 15 is 0 Å². The Hall–Kier alpha value is -2.36. The van der Waals surface area contributed by atoms with Gasteiger partial charge in [-0.05, 0) is 36.8 Å². The molecule has 19 heavy (non-hydrogen) atoms. The zero-order valence-corrected chi connectivity index (χ0v) is 10.9. The van der Waals surface area contributed by atoms with Crippen molar-refractivity contribution in [3.05, 3.63) is 54.4 Å². The van der Waals surface area contributed by atoms with Crippen molar-refractivity contribution in [2.75, 3.05) is 11.9 Å². The standard InChI is InChI=1S/C15H17N3O/c1-2-8-17-15(19)12-4-3-5-14(11-12)18-13-6-9-16-10-7-13/h3-7,9-11H,2,8H2,1H3,(H,16,18)(H,17,19). The van der Waals surface area contributed by atoms with Crippen molar-refractivity contribution in [3.63, 3.8) is 0 Å². The molecule has 0 radical (unpaired) electrons. The summed E-state index contributed by atoms with van der Waals surface area (Å²) in [5.74, 6) is -0.0415. The van der Waals surface area contributed by atoms with Crippen LogP contribution in [0.25, 0.3) is 0 Å². The van der Waals surface area contributed by atoms with E-state index < -0.39 is 0 Å². The minimum Gasteiger partial charge on any atom is -0.355 e. The first-order valence-electron chi connectivity index (χ1n) is 6.35. The molecule has 0 aliphatic carbocycles. The van der Waals surface area contributed by atoms with Crippen molar-refractivity contribution in [2.45, 2.75) is 13.3 Å². The van der Waals surface area contributed by atoms with Gasteiger partial charge in [0, 0.05) is 35.9 Å². The highest BCUT2D eigenvalue weighted by molar-refractivity contribution is 5.95. The molecule has 1 aromatic carbocycles. The molecule has 1 amide bonds. The molecule has 2 aromatic rings. The van der Waals surface area contributed by atoms with E-state index in [-0.39, 0.29) is 5.91 Å². The molecule has 1 aromatic heterocycles. The first kappa shape index (κ1) is 13.1. The average Bonchev–Trinajstić information content (AvgIpc) is 2.46. The predicted molar refractivity (Wildman–Crippen MR) is 76.6 cm³/mol. The molecule has 0 unspecified atom stereocenters. The van der Waals surface area contributed by atoms with Gasteiger partial charge >= 0.3 is 0 Å². The number of nitrogens with one attached hydrogen (secondary N) is 2. The number of aromatic nitrogens is 1. The summed E-state index contributed by atoms with van der Waals surface area (Å²) in [6, 6.07) is 11.2. The molecule has 0 atom stereocenters. The van der Waals surface area contributed by atoms with E-state index in [4.69, 9.17) is 0 Å². The lowest BCUT2D eigenvalue weighted by Crippen LogP contribution is -2.23. The van der Waals surface area contributed by atoms with E-state index in [9.17, 15) is 4.79 Å². The van der Waals surface area contributed by atoms with Crippen LogP contribution in [-0.2, 0) is 0 Å². The molecular formula is C15H17N3O. The number of pyridine rings is 1. The fourth-order valence-electron chi connectivity index (χ4n) is 1.68. The summed E-state index contributed by atoms with van der Waals surface area (Å²) in [6.45, 7) is 2.72. The summed E-state index contributed by atoms with van der Waals surface area (Å²) in [4.78, 5) is 15.8. The number of carbonyl (C=O) groups excluding carboxylic acids is 1. The van der Waals surface area contributed by atoms with Crippen molar-refractivity contribution in [1.29, 1.82) is 0 Å². The minimum atomic E-state index is -0.0415. The molecule has 0 saturated heterocycles. The summed E-state index contributed by atoms with van der Waals surface area (Å²) in [5, 5.41) is 6.10. The van der Waals surface area contributed by atoms with E-state index in [1.54, 1.807) is 12.4 Å². The van der Waals surface area contributed by atoms with Gasteiger partial charge in [-0.3, -0.25) is 9.78 Å². The van der Waals surface area contributed by atoms with Crippen LogP contribution in [0, 0.1) is 0 Å². The molecule has 98 valence electrons. The normalized spacial score (nSPS) is 9.95. The van der Waals surface area contributed by atoms with Crippen LogP contribution >= 0.6 is 0 Å². The monoisotopic (exact) mass is 255 g/mol. The Morgan fingerprint density at radius 2 is 1.95 bits per heavy atom. The smallest absolute Gasteiger partial charge is 0.251 e. The maximum atomic E-state index is 11.9. The third-order valence-electron chi connectivity index (χ3n) is 2.63. The Bertz CT molecular complexity index is 540. The Morgan fingerprint density at radius 1 is 1.16 bits per heavy atom. The third kappa shape index (κ3) is 3.81. The summed E-state index contributed by atoms with van der Waals surface area (Å²) < 4.78 is 0. The number of nitrogens with zero attached hydrogens (tertiary/aromatic N) is 1. The number of benzene rings is 1. The van der Waals surface area contributed by atoms with E-state index in [0.29, 0.717) is 12.1 Å². The molecule has 4 nitrogen and oxygen atoms in total. The van der Waals surface area contributed by atoms with Gasteiger partial charge in [0.2, 0.25) is 0 Å². The molecule has 4 heteroatoms. The minimum absolute atomic E-state index is 0.0415. The molecule has 2 rings (SSSR count). The number of hydrogen-bond donors (Lipinski definition) is 2. The van der Waals surface area contributed by atoms with Crippen LogP contribution in [0.4, 0.5) is 11.4 Å². The number of rotatable bonds is 5. The first-order chi connectivity index (χ1) is 9.29. The number of carbonyl (C=O) groups is 1. The van der Waals surface area contributed by atoms with Gasteiger partial charge < -0.3 is 10.6 Å². The molecule has 0 fully saturated rings. The Kier molecular flexibility index (Phi) is 4.50. The van der Waals surface area contributed by atoms with Crippen LogP contribution < -0.4 is 10.6 Å². The highest BCUT2D eigenvalue weighted by Gasteiger charge is 2.05. The maximum Gasteiger partial charge on any atom is 0.251 e. The Morgan fingerprint density at radius 3 is 2.68 bits per heavy atom. The summed E-state index contributed by atoms with van der Waals surface area (Å²) >= 11 is 0. The second-order valence-electron chi connectivity index (χ2n) is 4.20. The molecule has 0 aliphatic heterocycles. The molecular weight excluding hydrogens is 238 g/mol. The van der Waals surface area contributed by atoms with Crippen molar-refractivity contribution >= 4 is 17.3 Å². The fourth-order valence-corrected chi connectivity index (χ4v) is 1.68. The summed E-state index contributed by atoms with van der Waals surface area (Å²) in [6.07, 6.45) is 4.38. The van der Waals surface area contributed by atoms with Gasteiger partial charge in [-0.15, -0.1) is 0 Å². The Balaban J connectivity index is 2.09. The van der Waals surface area contributed by atoms with Crippen LogP contribution in [0.15, 0.2) is 48.8 Å². The zero-order valence-electron chi connectivity index (χ0n) is 10.9. The molecule has 1 heterocycles. The number of hydrogen-bond acceptors (Lipinski definition) is 3. The number of amides is 1. The summed E-state index contributed by atoms with van der Waals surface area (Å²) in [7, 11) is 0. The van der Waals surface area contributed by atoms with Gasteiger partial charge in [0.15, 0.2) is 0 Å². The van der Waals surface area contributed by atoms with Crippen LogP contribution in [0.1, 0.15) is 23.7 Å². The zero-order chi connectivity index (χ0) is 13.5. The van der Waals surface area contributed by atoms with Gasteiger partial charge in [0.1, 0.15) is 0 Å². The van der Waals surface area contributed by atoms with E-state index in [1.165, 1.54) is 0 Å². The number of anilines is 2. The molecule has 0 aliphatic rings. The van der Waals surface area contributed by atoms with Crippen molar-refractivity contribution in [2.24, 2.45) is 0 Å². The van der Waals surface area contributed by atoms with E-state index in [2.05, 4.69) is 15.6 Å². The molecule has 0 bridgehead atoms. The largest absolute Gasteiger partial charge is 0.355 e. The van der Waals surface area contributed by atoms with Gasteiger partial charge in [-0.2, -0.15) is 0 Å². The second-order valence-corrected chi connectivity index (χ2v) is 4.20. The van der Waals surface area contributed by atoms with Crippen molar-refractivity contribution < 1.29 is 4.79 Å². The van der Waals surface area contributed by atoms with Crippen LogP contribution in [0.2, 0.25) is 0 Å². The predicted octanol–water partition coefficient (Wildman–Crippen LogP) is 2.97. The van der Waals surface area contributed by atoms with Crippen LogP contribution in [0.3, 0.4) is 0 Å². The van der Waals surface area contributed by atoms with Gasteiger partial charge in [0.05, 0.1) is 0 Å². The van der Waals surface area contributed by atoms with Gasteiger partial charge in [-0.1, -0.05) is 13.0 Å². The highest BCUT2D eigenvalue weighted by Crippen LogP contribution is 2.16. The lowest BCUT2D eigenvalue weighted by molar-refractivity contribution is 0.0953. The first-order valence-corrected chi connectivity index (χ1v) is 6.35. The lowest BCUT2D eigenvalue weighted by Gasteiger charge is -2.08. The quantitative estimate of drug-likeness (QED) is 0.863. The van der Waals surface area contributed by atoms with Crippen molar-refractivity contribution in [3.8, 4) is 0 Å². The topological polar surface area (TPSA) is 54.0 Å². The SMILES string of the molecule is CCCNC(=O)c1cccc(Nc2ccncc2)c1. The molecule has 2 N–H and O–H groups in total. The molecule has 0 spiro atoms. The van der Waals surface area contributed by atoms with Gasteiger partial charge in [-0.25, -0.2) is 0 Å². The third-order valence-corrected chi connectivity index (χ3v) is 2.63. The van der Waals surface area contributed by atoms with Crippen molar-refractivity contribution in [1.82, 2.24) is 10.3 Å². The van der Waals surface area contributed by atoms with Crippen LogP contribution in [-0.4, -0.2) is 17.4 Å². The second kappa shape index (κ2) is 6.54. The fraction of sp³-hybridized carbons (Fsp3) is 0.200. The average molecular weight is 255 g/mol. The highest BCUT2D eigenvalue weighted by atomic mass is 16.1. The van der Waals surface area contributed by atoms with E-state index in [1.807, 2.05) is 43.3 Å². The van der Waals surface area contributed by atoms with Crippen LogP contribution in [0.5, 0.6) is 0 Å². The Labute approximate surface area is 112 Å². The maximum absolute atomic E-state index is 11.9. The van der Waals surface area contributed by atoms with E-state index in [0.717, 1.165) is 17.8 Å². The summed E-state index contributed by atoms with van der Waals surface area (Å²) in [5.41, 5.74) is 2.49. The molecule has 0 saturated carbocycles. The van der Waals surface area contributed by atoms with Gasteiger partial charge in [0.25, 0.3) is 5.91 Å². The lowest BCUT2D eigenvalue weighted by atomic mass is 10.2.